The first-order chi connectivity index (χ1) is 9.73. The number of benzene rings is 1. The quantitative estimate of drug-likeness (QED) is 0.772. The monoisotopic (exact) mass is 306 g/mol. The Morgan fingerprint density at radius 2 is 1.90 bits per heavy atom. The zero-order chi connectivity index (χ0) is 16.0. The van der Waals surface area contributed by atoms with Gasteiger partial charge in [0.2, 0.25) is 0 Å². The topological polar surface area (TPSA) is 15.3 Å². The lowest BCUT2D eigenvalue weighted by atomic mass is 10.0. The highest BCUT2D eigenvalue weighted by Gasteiger charge is 2.31. The molecule has 21 heavy (non-hydrogen) atoms. The van der Waals surface area contributed by atoms with Crippen LogP contribution in [0.1, 0.15) is 31.9 Å². The van der Waals surface area contributed by atoms with Crippen LogP contribution in [-0.4, -0.2) is 37.3 Å². The molecule has 1 atom stereocenters. The van der Waals surface area contributed by atoms with Gasteiger partial charge in [0.25, 0.3) is 0 Å². The molecule has 0 bridgehead atoms. The molecule has 0 aromatic heterocycles. The lowest BCUT2D eigenvalue weighted by molar-refractivity contribution is -0.149. The van der Waals surface area contributed by atoms with E-state index in [9.17, 15) is 17.6 Å². The molecule has 0 spiro atoms. The van der Waals surface area contributed by atoms with E-state index in [1.165, 1.54) is 17.0 Å². The third kappa shape index (κ3) is 6.44. The number of hydrogen-bond acceptors (Lipinski definition) is 2. The molecule has 0 aliphatic rings. The first-order valence-corrected chi connectivity index (χ1v) is 6.96. The molecule has 0 radical (unpaired) electrons. The molecule has 1 aromatic rings. The summed E-state index contributed by atoms with van der Waals surface area (Å²) in [5.74, 6) is -0.344. The first-order valence-electron chi connectivity index (χ1n) is 6.96. The van der Waals surface area contributed by atoms with E-state index in [4.69, 9.17) is 0 Å². The first kappa shape index (κ1) is 17.9. The summed E-state index contributed by atoms with van der Waals surface area (Å²) in [5, 5.41) is 3.03. The van der Waals surface area contributed by atoms with E-state index >= 15 is 0 Å². The zero-order valence-corrected chi connectivity index (χ0v) is 12.5. The standard InChI is InChI=1S/C15H22F4N2/c1-11(2)21(10-15(17,18)19)8-7-14(20-3)12-5-4-6-13(16)9-12/h4-6,9,11,14,20H,7-8,10H2,1-3H3. The van der Waals surface area contributed by atoms with Crippen molar-refractivity contribution in [3.63, 3.8) is 0 Å². The number of halogens is 4. The van der Waals surface area contributed by atoms with Gasteiger partial charge in [0, 0.05) is 18.6 Å². The maximum Gasteiger partial charge on any atom is 0.401 e. The van der Waals surface area contributed by atoms with Gasteiger partial charge >= 0.3 is 6.18 Å². The molecule has 2 nitrogen and oxygen atoms in total. The van der Waals surface area contributed by atoms with Gasteiger partial charge in [0.05, 0.1) is 6.54 Å². The summed E-state index contributed by atoms with van der Waals surface area (Å²) in [5.41, 5.74) is 0.744. The van der Waals surface area contributed by atoms with Crippen LogP contribution in [0.3, 0.4) is 0 Å². The molecular weight excluding hydrogens is 284 g/mol. The average Bonchev–Trinajstić information content (AvgIpc) is 2.36. The molecule has 1 aromatic carbocycles. The largest absolute Gasteiger partial charge is 0.401 e. The van der Waals surface area contributed by atoms with E-state index in [-0.39, 0.29) is 17.9 Å². The summed E-state index contributed by atoms with van der Waals surface area (Å²) in [4.78, 5) is 1.38. The van der Waals surface area contributed by atoms with Crippen molar-refractivity contribution >= 4 is 0 Å². The lowest BCUT2D eigenvalue weighted by Gasteiger charge is -2.29. The van der Waals surface area contributed by atoms with Crippen LogP contribution in [-0.2, 0) is 0 Å². The van der Waals surface area contributed by atoms with Crippen molar-refractivity contribution in [2.24, 2.45) is 0 Å². The van der Waals surface area contributed by atoms with E-state index in [0.717, 1.165) is 5.56 Å². The molecule has 6 heteroatoms. The second-order valence-electron chi connectivity index (χ2n) is 5.36. The Morgan fingerprint density at radius 1 is 1.24 bits per heavy atom. The van der Waals surface area contributed by atoms with Crippen molar-refractivity contribution in [2.45, 2.75) is 38.5 Å². The van der Waals surface area contributed by atoms with Crippen molar-refractivity contribution in [2.75, 3.05) is 20.1 Å². The number of rotatable bonds is 7. The van der Waals surface area contributed by atoms with Crippen molar-refractivity contribution in [1.82, 2.24) is 10.2 Å². The SMILES string of the molecule is CNC(CCN(CC(F)(F)F)C(C)C)c1cccc(F)c1. The molecule has 0 saturated heterocycles. The summed E-state index contributed by atoms with van der Waals surface area (Å²) < 4.78 is 50.9. The Hall–Kier alpha value is -1.14. The minimum Gasteiger partial charge on any atom is -0.313 e. The molecule has 1 N–H and O–H groups in total. The number of hydrogen-bond donors (Lipinski definition) is 1. The molecule has 1 unspecified atom stereocenters. The second kappa shape index (κ2) is 7.75. The van der Waals surface area contributed by atoms with Crippen LogP contribution in [0.15, 0.2) is 24.3 Å². The highest BCUT2D eigenvalue weighted by Crippen LogP contribution is 2.21. The number of nitrogens with one attached hydrogen (secondary N) is 1. The Morgan fingerprint density at radius 3 is 2.38 bits per heavy atom. The molecule has 1 rings (SSSR count). The summed E-state index contributed by atoms with van der Waals surface area (Å²) in [6.45, 7) is 2.84. The highest BCUT2D eigenvalue weighted by molar-refractivity contribution is 5.20. The Kier molecular flexibility index (Phi) is 6.61. The lowest BCUT2D eigenvalue weighted by Crippen LogP contribution is -2.40. The fraction of sp³-hybridized carbons (Fsp3) is 0.600. The predicted octanol–water partition coefficient (Wildman–Crippen LogP) is 3.75. The van der Waals surface area contributed by atoms with E-state index in [0.29, 0.717) is 13.0 Å². The van der Waals surface area contributed by atoms with Crippen LogP contribution in [0.25, 0.3) is 0 Å². The zero-order valence-electron chi connectivity index (χ0n) is 12.5. The Labute approximate surface area is 123 Å². The van der Waals surface area contributed by atoms with Crippen LogP contribution in [0.2, 0.25) is 0 Å². The van der Waals surface area contributed by atoms with Gasteiger partial charge in [-0.05, 0) is 45.0 Å². The van der Waals surface area contributed by atoms with Gasteiger partial charge in [-0.2, -0.15) is 13.2 Å². The predicted molar refractivity (Wildman–Crippen MR) is 75.6 cm³/mol. The van der Waals surface area contributed by atoms with Crippen LogP contribution in [0.5, 0.6) is 0 Å². The minimum absolute atomic E-state index is 0.171. The van der Waals surface area contributed by atoms with Gasteiger partial charge < -0.3 is 5.32 Å². The Balaban J connectivity index is 2.68. The van der Waals surface area contributed by atoms with Gasteiger partial charge in [-0.25, -0.2) is 4.39 Å². The van der Waals surface area contributed by atoms with Gasteiger partial charge in [-0.1, -0.05) is 12.1 Å². The molecule has 0 heterocycles. The van der Waals surface area contributed by atoms with Crippen LogP contribution < -0.4 is 5.32 Å². The molecule has 0 aliphatic heterocycles. The van der Waals surface area contributed by atoms with Crippen molar-refractivity contribution in [3.05, 3.63) is 35.6 Å². The van der Waals surface area contributed by atoms with Crippen molar-refractivity contribution in [3.8, 4) is 0 Å². The summed E-state index contributed by atoms with van der Waals surface area (Å²) in [6.07, 6.45) is -3.73. The smallest absolute Gasteiger partial charge is 0.313 e. The van der Waals surface area contributed by atoms with Crippen LogP contribution in [0, 0.1) is 5.82 Å². The van der Waals surface area contributed by atoms with Gasteiger partial charge in [0.1, 0.15) is 5.82 Å². The fourth-order valence-electron chi connectivity index (χ4n) is 2.25. The highest BCUT2D eigenvalue weighted by atomic mass is 19.4. The van der Waals surface area contributed by atoms with Crippen molar-refractivity contribution in [1.29, 1.82) is 0 Å². The molecule has 120 valence electrons. The van der Waals surface area contributed by atoms with Gasteiger partial charge in [0.15, 0.2) is 0 Å². The van der Waals surface area contributed by atoms with Gasteiger partial charge in [-0.15, -0.1) is 0 Å². The second-order valence-corrected chi connectivity index (χ2v) is 5.36. The molecule has 0 fully saturated rings. The van der Waals surface area contributed by atoms with Crippen LogP contribution in [0.4, 0.5) is 17.6 Å². The van der Waals surface area contributed by atoms with Crippen molar-refractivity contribution < 1.29 is 17.6 Å². The maximum absolute atomic E-state index is 13.2. The summed E-state index contributed by atoms with van der Waals surface area (Å²) in [7, 11) is 1.72. The van der Waals surface area contributed by atoms with E-state index in [2.05, 4.69) is 5.32 Å². The maximum atomic E-state index is 13.2. The normalized spacial score (nSPS) is 14.0. The van der Waals surface area contributed by atoms with Crippen LogP contribution >= 0.6 is 0 Å². The molecule has 0 amide bonds. The molecular formula is C15H22F4N2. The third-order valence-electron chi connectivity index (χ3n) is 3.42. The molecule has 0 saturated carbocycles. The van der Waals surface area contributed by atoms with E-state index in [1.807, 2.05) is 0 Å². The minimum atomic E-state index is -4.21. The number of nitrogens with zero attached hydrogens (tertiary/aromatic N) is 1. The molecule has 0 aliphatic carbocycles. The van der Waals surface area contributed by atoms with Gasteiger partial charge in [-0.3, -0.25) is 4.90 Å². The summed E-state index contributed by atoms with van der Waals surface area (Å²) in [6, 6.07) is 5.76. The third-order valence-corrected chi connectivity index (χ3v) is 3.42. The Bertz CT molecular complexity index is 432. The van der Waals surface area contributed by atoms with E-state index in [1.54, 1.807) is 33.0 Å². The number of alkyl halides is 3. The van der Waals surface area contributed by atoms with E-state index < -0.39 is 12.7 Å². The fourth-order valence-corrected chi connectivity index (χ4v) is 2.25. The summed E-state index contributed by atoms with van der Waals surface area (Å²) >= 11 is 0. The average molecular weight is 306 g/mol.